The Hall–Kier alpha value is -2.84. The van der Waals surface area contributed by atoms with E-state index in [9.17, 15) is 5.11 Å². The molecule has 0 aromatic heterocycles. The lowest BCUT2D eigenvalue weighted by Gasteiger charge is -2.29. The lowest BCUT2D eigenvalue weighted by atomic mass is 9.78. The van der Waals surface area contributed by atoms with Crippen LogP contribution in [0.15, 0.2) is 85.0 Å². The minimum Gasteiger partial charge on any atom is -0.374 e. The van der Waals surface area contributed by atoms with Gasteiger partial charge in [0.15, 0.2) is 0 Å². The first-order valence-electron chi connectivity index (χ1n) is 16.2. The highest BCUT2D eigenvalue weighted by molar-refractivity contribution is 5.78. The van der Waals surface area contributed by atoms with Crippen LogP contribution in [0.3, 0.4) is 0 Å². The van der Waals surface area contributed by atoms with Crippen LogP contribution in [-0.2, 0) is 0 Å². The highest BCUT2D eigenvalue weighted by atomic mass is 16.3. The summed E-state index contributed by atoms with van der Waals surface area (Å²) in [5.41, 5.74) is 10.4. The molecule has 0 spiro atoms. The molecule has 1 aliphatic heterocycles. The van der Waals surface area contributed by atoms with Crippen LogP contribution >= 0.6 is 0 Å². The first kappa shape index (κ1) is 35.4. The van der Waals surface area contributed by atoms with Crippen LogP contribution < -0.4 is 4.90 Å². The molecule has 1 fully saturated rings. The summed E-state index contributed by atoms with van der Waals surface area (Å²) in [6, 6.07) is 17.3. The number of nitrogens with zero attached hydrogens (tertiary/aromatic N) is 1. The standard InChI is InChI=1S/C21H30.C19H29NO/c1-8-16(3)12-15-19(20(9-2)21(5,6)7)18-13-10-17(4)11-14-18;1-5-11-19(12-6-2)13-18(21)20(14-19)17-9-7-16(8-10-17)15(3)4/h10-15H,3,8-9H2,1-2,4-7H3;7-10,18,21H,3,5-6,11-14H2,1-2,4H3/b15-12-,20-19-;. The fraction of sp³-hybridized carbons (Fsp3) is 0.500. The van der Waals surface area contributed by atoms with E-state index in [1.807, 2.05) is 6.92 Å². The van der Waals surface area contributed by atoms with Crippen molar-refractivity contribution in [3.63, 3.8) is 0 Å². The van der Waals surface area contributed by atoms with Crippen LogP contribution in [-0.4, -0.2) is 17.9 Å². The quantitative estimate of drug-likeness (QED) is 0.272. The second kappa shape index (κ2) is 16.1. The third kappa shape index (κ3) is 9.87. The Morgan fingerprint density at radius 3 is 1.88 bits per heavy atom. The summed E-state index contributed by atoms with van der Waals surface area (Å²) >= 11 is 0. The van der Waals surface area contributed by atoms with Crippen molar-refractivity contribution in [3.8, 4) is 0 Å². The normalized spacial score (nSPS) is 17.1. The van der Waals surface area contributed by atoms with E-state index in [-0.39, 0.29) is 17.1 Å². The Kier molecular flexibility index (Phi) is 13.6. The van der Waals surface area contributed by atoms with Gasteiger partial charge in [-0.05, 0) is 85.6 Å². The number of anilines is 1. The molecule has 1 N–H and O–H groups in total. The molecule has 42 heavy (non-hydrogen) atoms. The third-order valence-electron chi connectivity index (χ3n) is 8.62. The maximum atomic E-state index is 10.5. The lowest BCUT2D eigenvalue weighted by molar-refractivity contribution is 0.150. The Balaban J connectivity index is 0.000000293. The summed E-state index contributed by atoms with van der Waals surface area (Å²) in [5, 5.41) is 10.5. The van der Waals surface area contributed by atoms with Crippen LogP contribution in [0.25, 0.3) is 11.1 Å². The number of aliphatic hydroxyl groups excluding tert-OH is 1. The van der Waals surface area contributed by atoms with Gasteiger partial charge < -0.3 is 10.0 Å². The van der Waals surface area contributed by atoms with E-state index in [2.05, 4.69) is 134 Å². The van der Waals surface area contributed by atoms with Gasteiger partial charge in [0.05, 0.1) is 0 Å². The van der Waals surface area contributed by atoms with E-state index in [1.165, 1.54) is 59.1 Å². The molecule has 1 aliphatic rings. The Morgan fingerprint density at radius 2 is 1.43 bits per heavy atom. The molecular weight excluding hydrogens is 510 g/mol. The summed E-state index contributed by atoms with van der Waals surface area (Å²) in [5.74, 6) is 0. The summed E-state index contributed by atoms with van der Waals surface area (Å²) in [7, 11) is 0. The van der Waals surface area contributed by atoms with Crippen molar-refractivity contribution in [1.29, 1.82) is 0 Å². The van der Waals surface area contributed by atoms with Gasteiger partial charge in [0.2, 0.25) is 0 Å². The summed E-state index contributed by atoms with van der Waals surface area (Å²) in [6.45, 7) is 29.0. The molecule has 2 nitrogen and oxygen atoms in total. The summed E-state index contributed by atoms with van der Waals surface area (Å²) in [4.78, 5) is 2.17. The molecule has 0 saturated carbocycles. The number of aryl methyl sites for hydroxylation is 1. The topological polar surface area (TPSA) is 23.5 Å². The van der Waals surface area contributed by atoms with Gasteiger partial charge in [-0.15, -0.1) is 0 Å². The molecule has 2 aromatic rings. The van der Waals surface area contributed by atoms with Crippen molar-refractivity contribution in [2.24, 2.45) is 10.8 Å². The highest BCUT2D eigenvalue weighted by Crippen LogP contribution is 2.44. The third-order valence-corrected chi connectivity index (χ3v) is 8.62. The van der Waals surface area contributed by atoms with Gasteiger partial charge in [0.25, 0.3) is 0 Å². The lowest BCUT2D eigenvalue weighted by Crippen LogP contribution is -2.30. The predicted octanol–water partition coefficient (Wildman–Crippen LogP) is 11.6. The van der Waals surface area contributed by atoms with Gasteiger partial charge in [-0.3, -0.25) is 0 Å². The van der Waals surface area contributed by atoms with Crippen molar-refractivity contribution in [2.45, 2.75) is 113 Å². The SMILES string of the molecule is C=C(/C=C\C(=C(/CC)C(C)(C)C)c1ccc(C)cc1)CC.C=C(C)c1ccc(N2CC(CCC)(CCC)CC2O)cc1. The minimum atomic E-state index is -0.348. The molecule has 2 heteroatoms. The van der Waals surface area contributed by atoms with Gasteiger partial charge in [0, 0.05) is 12.2 Å². The summed E-state index contributed by atoms with van der Waals surface area (Å²) in [6.07, 6.45) is 11.8. The number of hydrogen-bond donors (Lipinski definition) is 1. The maximum Gasteiger partial charge on any atom is 0.127 e. The molecule has 0 radical (unpaired) electrons. The monoisotopic (exact) mass is 569 g/mol. The second-order valence-corrected chi connectivity index (χ2v) is 13.3. The average molecular weight is 570 g/mol. The van der Waals surface area contributed by atoms with Crippen molar-refractivity contribution in [1.82, 2.24) is 0 Å². The largest absolute Gasteiger partial charge is 0.374 e. The van der Waals surface area contributed by atoms with Crippen LogP contribution in [0.5, 0.6) is 0 Å². The minimum absolute atomic E-state index is 0.173. The molecule has 1 unspecified atom stereocenters. The van der Waals surface area contributed by atoms with Gasteiger partial charge in [0.1, 0.15) is 6.23 Å². The Labute approximate surface area is 259 Å². The number of benzene rings is 2. The molecule has 230 valence electrons. The molecule has 1 heterocycles. The van der Waals surface area contributed by atoms with E-state index >= 15 is 0 Å². The van der Waals surface area contributed by atoms with Crippen molar-refractivity contribution >= 4 is 16.8 Å². The zero-order valence-electron chi connectivity index (χ0n) is 28.3. The zero-order valence-corrected chi connectivity index (χ0v) is 28.3. The van der Waals surface area contributed by atoms with Crippen LogP contribution in [0.2, 0.25) is 0 Å². The molecule has 1 atom stereocenters. The molecule has 0 aliphatic carbocycles. The summed E-state index contributed by atoms with van der Waals surface area (Å²) < 4.78 is 0. The van der Waals surface area contributed by atoms with Crippen molar-refractivity contribution in [3.05, 3.63) is 102 Å². The van der Waals surface area contributed by atoms with E-state index in [0.29, 0.717) is 0 Å². The van der Waals surface area contributed by atoms with Gasteiger partial charge in [-0.1, -0.05) is 145 Å². The van der Waals surface area contributed by atoms with Gasteiger partial charge in [-0.2, -0.15) is 0 Å². The molecular formula is C40H59NO. The molecule has 2 aromatic carbocycles. The first-order valence-corrected chi connectivity index (χ1v) is 16.2. The van der Waals surface area contributed by atoms with E-state index in [1.54, 1.807) is 0 Å². The highest BCUT2D eigenvalue weighted by Gasteiger charge is 2.42. The predicted molar refractivity (Wildman–Crippen MR) is 188 cm³/mol. The molecule has 0 amide bonds. The van der Waals surface area contributed by atoms with Crippen LogP contribution in [0.1, 0.15) is 117 Å². The van der Waals surface area contributed by atoms with E-state index < -0.39 is 0 Å². The van der Waals surface area contributed by atoms with Gasteiger partial charge in [-0.25, -0.2) is 0 Å². The molecule has 1 saturated heterocycles. The number of rotatable bonds is 11. The molecule has 0 bridgehead atoms. The fourth-order valence-corrected chi connectivity index (χ4v) is 6.33. The molecule has 3 rings (SSSR count). The maximum absolute atomic E-state index is 10.5. The Morgan fingerprint density at radius 1 is 0.881 bits per heavy atom. The fourth-order valence-electron chi connectivity index (χ4n) is 6.33. The number of aliphatic hydroxyl groups is 1. The van der Waals surface area contributed by atoms with Crippen molar-refractivity contribution in [2.75, 3.05) is 11.4 Å². The van der Waals surface area contributed by atoms with E-state index in [4.69, 9.17) is 0 Å². The van der Waals surface area contributed by atoms with Crippen LogP contribution in [0, 0.1) is 17.8 Å². The van der Waals surface area contributed by atoms with E-state index in [0.717, 1.165) is 37.1 Å². The average Bonchev–Trinajstić information content (AvgIpc) is 3.26. The number of hydrogen-bond acceptors (Lipinski definition) is 2. The van der Waals surface area contributed by atoms with Crippen molar-refractivity contribution < 1.29 is 5.11 Å². The second-order valence-electron chi connectivity index (χ2n) is 13.3. The smallest absolute Gasteiger partial charge is 0.127 e. The first-order chi connectivity index (χ1) is 19.8. The number of allylic oxidation sites excluding steroid dienone is 6. The van der Waals surface area contributed by atoms with Gasteiger partial charge >= 0.3 is 0 Å². The van der Waals surface area contributed by atoms with Crippen LogP contribution in [0.4, 0.5) is 5.69 Å². The zero-order chi connectivity index (χ0) is 31.5. The Bertz CT molecular complexity index is 1200.